The second-order valence-electron chi connectivity index (χ2n) is 5.23. The molecule has 2 heterocycles. The highest BCUT2D eigenvalue weighted by molar-refractivity contribution is 7.99. The first-order valence-electron chi connectivity index (χ1n) is 7.53. The summed E-state index contributed by atoms with van der Waals surface area (Å²) in [7, 11) is 0. The third-order valence-electron chi connectivity index (χ3n) is 3.61. The first-order valence-corrected chi connectivity index (χ1v) is 8.35. The van der Waals surface area contributed by atoms with Crippen LogP contribution in [0.5, 0.6) is 0 Å². The summed E-state index contributed by atoms with van der Waals surface area (Å²) >= 11 is 1.53. The third kappa shape index (κ3) is 3.53. The predicted molar refractivity (Wildman–Crippen MR) is 82.5 cm³/mol. The van der Waals surface area contributed by atoms with E-state index in [-0.39, 0.29) is 0 Å². The summed E-state index contributed by atoms with van der Waals surface area (Å²) < 4.78 is 1.96. The zero-order valence-corrected chi connectivity index (χ0v) is 13.0. The Balaban J connectivity index is 1.73. The molecule has 21 heavy (non-hydrogen) atoms. The molecule has 7 heteroatoms. The van der Waals surface area contributed by atoms with Crippen molar-refractivity contribution in [2.24, 2.45) is 0 Å². The quantitative estimate of drug-likeness (QED) is 0.884. The Morgan fingerprint density at radius 2 is 2.19 bits per heavy atom. The maximum atomic E-state index is 4.60. The lowest BCUT2D eigenvalue weighted by atomic mass is 10.3. The van der Waals surface area contributed by atoms with E-state index in [2.05, 4.69) is 32.7 Å². The second kappa shape index (κ2) is 6.89. The van der Waals surface area contributed by atoms with Crippen LogP contribution in [0.15, 0.2) is 28.4 Å². The molecule has 1 fully saturated rings. The van der Waals surface area contributed by atoms with E-state index in [1.165, 1.54) is 37.4 Å². The Morgan fingerprint density at radius 3 is 3.00 bits per heavy atom. The molecule has 0 saturated heterocycles. The van der Waals surface area contributed by atoms with Crippen molar-refractivity contribution < 1.29 is 0 Å². The van der Waals surface area contributed by atoms with Gasteiger partial charge in [-0.05, 0) is 53.6 Å². The largest absolute Gasteiger partial charge is 0.370 e. The van der Waals surface area contributed by atoms with Crippen molar-refractivity contribution in [2.75, 3.05) is 11.9 Å². The number of hydrogen-bond donors (Lipinski definition) is 1. The van der Waals surface area contributed by atoms with Crippen LogP contribution in [0.1, 0.15) is 45.1 Å². The number of rotatable bonds is 6. The van der Waals surface area contributed by atoms with Gasteiger partial charge in [-0.2, -0.15) is 0 Å². The van der Waals surface area contributed by atoms with Gasteiger partial charge in [-0.3, -0.25) is 0 Å². The molecule has 0 bridgehead atoms. The van der Waals surface area contributed by atoms with Crippen LogP contribution in [0, 0.1) is 0 Å². The first kappa shape index (κ1) is 14.3. The first-order chi connectivity index (χ1) is 10.4. The molecule has 1 aliphatic carbocycles. The van der Waals surface area contributed by atoms with Gasteiger partial charge in [0, 0.05) is 6.54 Å². The molecule has 2 aromatic heterocycles. The van der Waals surface area contributed by atoms with Crippen LogP contribution < -0.4 is 5.32 Å². The molecule has 3 rings (SSSR count). The van der Waals surface area contributed by atoms with Gasteiger partial charge in [0.25, 0.3) is 0 Å². The Labute approximate surface area is 128 Å². The topological polar surface area (TPSA) is 68.5 Å². The van der Waals surface area contributed by atoms with Gasteiger partial charge in [0.15, 0.2) is 0 Å². The molecular formula is C14H20N6S. The molecule has 0 atom stereocenters. The minimum Gasteiger partial charge on any atom is -0.370 e. The lowest BCUT2D eigenvalue weighted by molar-refractivity contribution is 0.423. The Hall–Kier alpha value is -1.63. The summed E-state index contributed by atoms with van der Waals surface area (Å²) in [6.45, 7) is 3.07. The van der Waals surface area contributed by atoms with Crippen LogP contribution in [0.2, 0.25) is 0 Å². The molecule has 0 amide bonds. The maximum Gasteiger partial charge on any atom is 0.215 e. The zero-order valence-electron chi connectivity index (χ0n) is 12.2. The molecule has 1 aliphatic rings. The smallest absolute Gasteiger partial charge is 0.215 e. The summed E-state index contributed by atoms with van der Waals surface area (Å²) in [6, 6.07) is 6.44. The SMILES string of the molecule is CCCNc1cccc(Sc2nnnn2C2CCCC2)n1. The standard InChI is InChI=1S/C14H20N6S/c1-2-10-15-12-8-5-9-13(16-12)21-14-17-18-19-20(14)11-6-3-4-7-11/h5,8-9,11H,2-4,6-7,10H2,1H3,(H,15,16). The van der Waals surface area contributed by atoms with Crippen molar-refractivity contribution in [3.05, 3.63) is 18.2 Å². The average Bonchev–Trinajstić information content (AvgIpc) is 3.16. The molecule has 1 N–H and O–H groups in total. The van der Waals surface area contributed by atoms with Crippen LogP contribution in [0.4, 0.5) is 5.82 Å². The number of tetrazole rings is 1. The molecule has 0 radical (unpaired) electrons. The number of anilines is 1. The number of aromatic nitrogens is 5. The molecule has 6 nitrogen and oxygen atoms in total. The van der Waals surface area contributed by atoms with E-state index < -0.39 is 0 Å². The normalized spacial score (nSPS) is 15.5. The highest BCUT2D eigenvalue weighted by atomic mass is 32.2. The second-order valence-corrected chi connectivity index (χ2v) is 6.22. The van der Waals surface area contributed by atoms with Crippen LogP contribution in [0.3, 0.4) is 0 Å². The zero-order chi connectivity index (χ0) is 14.5. The monoisotopic (exact) mass is 304 g/mol. The van der Waals surface area contributed by atoms with E-state index in [9.17, 15) is 0 Å². The fourth-order valence-corrected chi connectivity index (χ4v) is 3.38. The predicted octanol–water partition coefficient (Wildman–Crippen LogP) is 3.16. The van der Waals surface area contributed by atoms with E-state index in [0.29, 0.717) is 6.04 Å². The summed E-state index contributed by atoms with van der Waals surface area (Å²) in [5.41, 5.74) is 0. The fraction of sp³-hybridized carbons (Fsp3) is 0.571. The fourth-order valence-electron chi connectivity index (χ4n) is 2.55. The van der Waals surface area contributed by atoms with Crippen molar-refractivity contribution in [2.45, 2.75) is 55.3 Å². The van der Waals surface area contributed by atoms with Gasteiger partial charge in [0.1, 0.15) is 10.8 Å². The van der Waals surface area contributed by atoms with E-state index in [4.69, 9.17) is 0 Å². The molecule has 112 valence electrons. The molecule has 0 aliphatic heterocycles. The summed E-state index contributed by atoms with van der Waals surface area (Å²) in [5.74, 6) is 0.904. The van der Waals surface area contributed by atoms with E-state index >= 15 is 0 Å². The minimum atomic E-state index is 0.448. The van der Waals surface area contributed by atoms with E-state index in [0.717, 1.165) is 29.0 Å². The summed E-state index contributed by atoms with van der Waals surface area (Å²) in [4.78, 5) is 4.60. The highest BCUT2D eigenvalue weighted by Crippen LogP contribution is 2.33. The van der Waals surface area contributed by atoms with Gasteiger partial charge in [-0.1, -0.05) is 25.8 Å². The van der Waals surface area contributed by atoms with Crippen molar-refractivity contribution >= 4 is 17.6 Å². The van der Waals surface area contributed by atoms with Gasteiger partial charge < -0.3 is 5.32 Å². The lowest BCUT2D eigenvalue weighted by Crippen LogP contribution is -2.08. The molecule has 2 aromatic rings. The number of nitrogens with one attached hydrogen (secondary N) is 1. The molecule has 0 unspecified atom stereocenters. The average molecular weight is 304 g/mol. The Kier molecular flexibility index (Phi) is 4.69. The van der Waals surface area contributed by atoms with E-state index in [1.54, 1.807) is 0 Å². The van der Waals surface area contributed by atoms with Crippen molar-refractivity contribution in [3.8, 4) is 0 Å². The van der Waals surface area contributed by atoms with Crippen molar-refractivity contribution in [1.82, 2.24) is 25.2 Å². The molecular weight excluding hydrogens is 284 g/mol. The van der Waals surface area contributed by atoms with Crippen LogP contribution in [0.25, 0.3) is 0 Å². The lowest BCUT2D eigenvalue weighted by Gasteiger charge is -2.10. The van der Waals surface area contributed by atoms with Gasteiger partial charge in [-0.15, -0.1) is 5.10 Å². The van der Waals surface area contributed by atoms with Gasteiger partial charge in [0.05, 0.1) is 6.04 Å². The van der Waals surface area contributed by atoms with Gasteiger partial charge in [-0.25, -0.2) is 9.67 Å². The Morgan fingerprint density at radius 1 is 1.33 bits per heavy atom. The number of hydrogen-bond acceptors (Lipinski definition) is 6. The Bertz CT molecular complexity index is 578. The van der Waals surface area contributed by atoms with E-state index in [1.807, 2.05) is 22.9 Å². The van der Waals surface area contributed by atoms with Crippen LogP contribution in [-0.4, -0.2) is 31.7 Å². The van der Waals surface area contributed by atoms with Crippen LogP contribution in [-0.2, 0) is 0 Å². The van der Waals surface area contributed by atoms with Gasteiger partial charge in [0.2, 0.25) is 5.16 Å². The summed E-state index contributed by atoms with van der Waals surface area (Å²) in [5, 5.41) is 17.2. The third-order valence-corrected chi connectivity index (χ3v) is 4.50. The van der Waals surface area contributed by atoms with Crippen molar-refractivity contribution in [3.63, 3.8) is 0 Å². The molecule has 1 saturated carbocycles. The molecule has 0 aromatic carbocycles. The van der Waals surface area contributed by atoms with Crippen LogP contribution >= 0.6 is 11.8 Å². The summed E-state index contributed by atoms with van der Waals surface area (Å²) in [6.07, 6.45) is 5.96. The number of pyridine rings is 1. The maximum absolute atomic E-state index is 4.60. The van der Waals surface area contributed by atoms with Gasteiger partial charge >= 0.3 is 0 Å². The van der Waals surface area contributed by atoms with Crippen molar-refractivity contribution in [1.29, 1.82) is 0 Å². The highest BCUT2D eigenvalue weighted by Gasteiger charge is 2.22. The minimum absolute atomic E-state index is 0.448. The molecule has 0 spiro atoms. The number of nitrogens with zero attached hydrogens (tertiary/aromatic N) is 5.